The van der Waals surface area contributed by atoms with Crippen molar-refractivity contribution in [2.24, 2.45) is 0 Å². The van der Waals surface area contributed by atoms with Gasteiger partial charge >= 0.3 is 5.97 Å². The van der Waals surface area contributed by atoms with Crippen LogP contribution in [0.4, 0.5) is 0 Å². The van der Waals surface area contributed by atoms with Gasteiger partial charge in [0.25, 0.3) is 5.91 Å². The Kier molecular flexibility index (Phi) is 4.99. The van der Waals surface area contributed by atoms with Gasteiger partial charge in [-0.05, 0) is 45.2 Å². The standard InChI is InChI=1S/C17H23NO3/c1-11-8-9-12(2)15(10-11)17(20)21-13(3)16(19)18-14-6-4-5-7-14/h8-10,13-14H,4-7H2,1-3H3,(H,18,19)/t13-/m1/s1. The van der Waals surface area contributed by atoms with Crippen LogP contribution in [0.3, 0.4) is 0 Å². The lowest BCUT2D eigenvalue weighted by Crippen LogP contribution is -2.40. The highest BCUT2D eigenvalue weighted by Gasteiger charge is 2.24. The number of carbonyl (C=O) groups excluding carboxylic acids is 2. The van der Waals surface area contributed by atoms with Gasteiger partial charge in [-0.15, -0.1) is 0 Å². The lowest BCUT2D eigenvalue weighted by molar-refractivity contribution is -0.129. The van der Waals surface area contributed by atoms with E-state index in [2.05, 4.69) is 5.32 Å². The van der Waals surface area contributed by atoms with E-state index >= 15 is 0 Å². The highest BCUT2D eigenvalue weighted by atomic mass is 16.5. The lowest BCUT2D eigenvalue weighted by Gasteiger charge is -2.17. The summed E-state index contributed by atoms with van der Waals surface area (Å²) in [4.78, 5) is 24.2. The molecule has 0 unspecified atom stereocenters. The molecule has 1 aliphatic rings. The molecule has 0 aromatic heterocycles. The molecule has 0 saturated heterocycles. The highest BCUT2D eigenvalue weighted by Crippen LogP contribution is 2.18. The summed E-state index contributed by atoms with van der Waals surface area (Å²) in [6.07, 6.45) is 3.58. The maximum Gasteiger partial charge on any atom is 0.339 e. The van der Waals surface area contributed by atoms with Gasteiger partial charge in [0, 0.05) is 6.04 Å². The van der Waals surface area contributed by atoms with Gasteiger partial charge in [-0.1, -0.05) is 30.5 Å². The third kappa shape index (κ3) is 4.06. The first-order chi connectivity index (χ1) is 9.97. The molecule has 0 heterocycles. The number of benzene rings is 1. The zero-order valence-corrected chi connectivity index (χ0v) is 12.9. The highest BCUT2D eigenvalue weighted by molar-refractivity contribution is 5.93. The third-order valence-corrected chi connectivity index (χ3v) is 3.97. The molecule has 1 amide bonds. The van der Waals surface area contributed by atoms with Gasteiger partial charge < -0.3 is 10.1 Å². The maximum absolute atomic E-state index is 12.2. The molecule has 0 bridgehead atoms. The number of hydrogen-bond acceptors (Lipinski definition) is 3. The van der Waals surface area contributed by atoms with Crippen molar-refractivity contribution in [3.05, 3.63) is 34.9 Å². The van der Waals surface area contributed by atoms with Crippen LogP contribution >= 0.6 is 0 Å². The Morgan fingerprint density at radius 1 is 1.24 bits per heavy atom. The molecule has 0 aliphatic heterocycles. The summed E-state index contributed by atoms with van der Waals surface area (Å²) >= 11 is 0. The Labute approximate surface area is 125 Å². The minimum absolute atomic E-state index is 0.208. The van der Waals surface area contributed by atoms with Crippen LogP contribution < -0.4 is 5.32 Å². The van der Waals surface area contributed by atoms with Crippen molar-refractivity contribution in [1.29, 1.82) is 0 Å². The second kappa shape index (κ2) is 6.74. The Hall–Kier alpha value is -1.84. The molecule has 1 aromatic carbocycles. The predicted octanol–water partition coefficient (Wildman–Crippen LogP) is 2.91. The van der Waals surface area contributed by atoms with E-state index in [4.69, 9.17) is 4.74 Å². The summed E-state index contributed by atoms with van der Waals surface area (Å²) in [6, 6.07) is 5.86. The SMILES string of the molecule is Cc1ccc(C)c(C(=O)O[C@H](C)C(=O)NC2CCCC2)c1. The summed E-state index contributed by atoms with van der Waals surface area (Å²) in [7, 11) is 0. The molecule has 0 radical (unpaired) electrons. The van der Waals surface area contributed by atoms with E-state index in [1.165, 1.54) is 0 Å². The molecule has 1 saturated carbocycles. The summed E-state index contributed by atoms with van der Waals surface area (Å²) in [6.45, 7) is 5.40. The van der Waals surface area contributed by atoms with Crippen LogP contribution in [0, 0.1) is 13.8 Å². The number of nitrogens with one attached hydrogen (secondary N) is 1. The molecule has 4 heteroatoms. The molecule has 0 spiro atoms. The van der Waals surface area contributed by atoms with Crippen molar-refractivity contribution >= 4 is 11.9 Å². The van der Waals surface area contributed by atoms with Crippen molar-refractivity contribution < 1.29 is 14.3 Å². The van der Waals surface area contributed by atoms with E-state index in [0.717, 1.165) is 36.8 Å². The first kappa shape index (κ1) is 15.5. The molecule has 2 rings (SSSR count). The molecular weight excluding hydrogens is 266 g/mol. The summed E-state index contributed by atoms with van der Waals surface area (Å²) < 4.78 is 5.29. The van der Waals surface area contributed by atoms with Crippen LogP contribution in [0.25, 0.3) is 0 Å². The van der Waals surface area contributed by atoms with Gasteiger partial charge in [0.1, 0.15) is 0 Å². The number of amides is 1. The fourth-order valence-electron chi connectivity index (χ4n) is 2.62. The monoisotopic (exact) mass is 289 g/mol. The predicted molar refractivity (Wildman–Crippen MR) is 81.2 cm³/mol. The normalized spacial score (nSPS) is 16.5. The van der Waals surface area contributed by atoms with Crippen LogP contribution in [-0.4, -0.2) is 24.0 Å². The Bertz CT molecular complexity index is 533. The summed E-state index contributed by atoms with van der Waals surface area (Å²) in [5.74, 6) is -0.647. The average molecular weight is 289 g/mol. The smallest absolute Gasteiger partial charge is 0.339 e. The molecule has 1 aliphatic carbocycles. The van der Waals surface area contributed by atoms with Gasteiger partial charge in [-0.3, -0.25) is 4.79 Å². The van der Waals surface area contributed by atoms with Crippen molar-refractivity contribution in [2.45, 2.75) is 58.6 Å². The van der Waals surface area contributed by atoms with E-state index in [1.54, 1.807) is 13.0 Å². The number of carbonyl (C=O) groups is 2. The van der Waals surface area contributed by atoms with E-state index < -0.39 is 12.1 Å². The second-order valence-corrected chi connectivity index (χ2v) is 5.86. The molecule has 1 fully saturated rings. The molecule has 1 atom stereocenters. The second-order valence-electron chi connectivity index (χ2n) is 5.86. The topological polar surface area (TPSA) is 55.4 Å². The van der Waals surface area contributed by atoms with Crippen LogP contribution in [0.2, 0.25) is 0 Å². The Morgan fingerprint density at radius 3 is 2.57 bits per heavy atom. The van der Waals surface area contributed by atoms with Gasteiger partial charge in [0.2, 0.25) is 0 Å². The molecule has 1 N–H and O–H groups in total. The number of esters is 1. The van der Waals surface area contributed by atoms with Crippen LogP contribution in [0.1, 0.15) is 54.1 Å². The quantitative estimate of drug-likeness (QED) is 0.867. The Morgan fingerprint density at radius 2 is 1.90 bits per heavy atom. The lowest BCUT2D eigenvalue weighted by atomic mass is 10.1. The van der Waals surface area contributed by atoms with E-state index in [9.17, 15) is 9.59 Å². The van der Waals surface area contributed by atoms with E-state index in [0.29, 0.717) is 5.56 Å². The maximum atomic E-state index is 12.2. The number of rotatable bonds is 4. The fourth-order valence-corrected chi connectivity index (χ4v) is 2.62. The number of hydrogen-bond donors (Lipinski definition) is 1. The first-order valence-electron chi connectivity index (χ1n) is 7.56. The Balaban J connectivity index is 1.94. The van der Waals surface area contributed by atoms with Crippen molar-refractivity contribution in [2.75, 3.05) is 0 Å². The van der Waals surface area contributed by atoms with Gasteiger partial charge in [0.15, 0.2) is 6.10 Å². The zero-order chi connectivity index (χ0) is 15.4. The number of aryl methyl sites for hydroxylation is 2. The van der Waals surface area contributed by atoms with Crippen LogP contribution in [0.15, 0.2) is 18.2 Å². The van der Waals surface area contributed by atoms with Gasteiger partial charge in [-0.25, -0.2) is 4.79 Å². The minimum atomic E-state index is -0.766. The summed E-state index contributed by atoms with van der Waals surface area (Å²) in [5, 5.41) is 2.95. The van der Waals surface area contributed by atoms with E-state index in [-0.39, 0.29) is 11.9 Å². The molecule has 21 heavy (non-hydrogen) atoms. The molecule has 114 valence electrons. The largest absolute Gasteiger partial charge is 0.449 e. The molecule has 1 aromatic rings. The summed E-state index contributed by atoms with van der Waals surface area (Å²) in [5.41, 5.74) is 2.38. The number of ether oxygens (including phenoxy) is 1. The molecule has 4 nitrogen and oxygen atoms in total. The first-order valence-corrected chi connectivity index (χ1v) is 7.56. The van der Waals surface area contributed by atoms with E-state index in [1.807, 2.05) is 26.0 Å². The van der Waals surface area contributed by atoms with Crippen LogP contribution in [0.5, 0.6) is 0 Å². The zero-order valence-electron chi connectivity index (χ0n) is 12.9. The molecular formula is C17H23NO3. The fraction of sp³-hybridized carbons (Fsp3) is 0.529. The van der Waals surface area contributed by atoms with Gasteiger partial charge in [0.05, 0.1) is 5.56 Å². The van der Waals surface area contributed by atoms with Gasteiger partial charge in [-0.2, -0.15) is 0 Å². The third-order valence-electron chi connectivity index (χ3n) is 3.97. The average Bonchev–Trinajstić information content (AvgIpc) is 2.94. The minimum Gasteiger partial charge on any atom is -0.449 e. The van der Waals surface area contributed by atoms with Crippen molar-refractivity contribution in [1.82, 2.24) is 5.32 Å². The van der Waals surface area contributed by atoms with Crippen LogP contribution in [-0.2, 0) is 9.53 Å². The van der Waals surface area contributed by atoms with Crippen molar-refractivity contribution in [3.8, 4) is 0 Å². The van der Waals surface area contributed by atoms with Crippen molar-refractivity contribution in [3.63, 3.8) is 0 Å².